The summed E-state index contributed by atoms with van der Waals surface area (Å²) in [6.45, 7) is 2.23. The van der Waals surface area contributed by atoms with Crippen LogP contribution in [0.25, 0.3) is 0 Å². The Kier molecular flexibility index (Phi) is 4.13. The minimum Gasteiger partial charge on any atom is -0.396 e. The molecule has 0 saturated heterocycles. The van der Waals surface area contributed by atoms with E-state index in [0.29, 0.717) is 13.0 Å². The molecule has 0 aromatic heterocycles. The van der Waals surface area contributed by atoms with E-state index < -0.39 is 10.2 Å². The maximum Gasteiger partial charge on any atom is 0.304 e. The molecular weight excluding hydrogens is 264 g/mol. The summed E-state index contributed by atoms with van der Waals surface area (Å²) < 4.78 is 28.0. The molecule has 0 saturated carbocycles. The highest BCUT2D eigenvalue weighted by atomic mass is 32.2. The molecule has 1 N–H and O–H groups in total. The zero-order chi connectivity index (χ0) is 14.0. The number of benzene rings is 1. The van der Waals surface area contributed by atoms with E-state index >= 15 is 0 Å². The van der Waals surface area contributed by atoms with Gasteiger partial charge >= 0.3 is 10.2 Å². The van der Waals surface area contributed by atoms with Gasteiger partial charge in [-0.2, -0.15) is 12.7 Å². The molecule has 0 spiro atoms. The first kappa shape index (κ1) is 14.3. The predicted molar refractivity (Wildman–Crippen MR) is 75.3 cm³/mol. The Labute approximate surface area is 114 Å². The fraction of sp³-hybridized carbons (Fsp3) is 0.538. The lowest BCUT2D eigenvalue weighted by Gasteiger charge is -2.29. The van der Waals surface area contributed by atoms with Crippen LogP contribution in [0.3, 0.4) is 0 Å². The Bertz CT molecular complexity index is 545. The van der Waals surface area contributed by atoms with Gasteiger partial charge in [-0.1, -0.05) is 18.2 Å². The van der Waals surface area contributed by atoms with Gasteiger partial charge in [0.25, 0.3) is 0 Å². The highest BCUT2D eigenvalue weighted by molar-refractivity contribution is 7.90. The summed E-state index contributed by atoms with van der Waals surface area (Å²) >= 11 is 0. The molecule has 0 aliphatic carbocycles. The maximum atomic E-state index is 12.6. The summed E-state index contributed by atoms with van der Waals surface area (Å²) in [4.78, 5) is 0. The number of rotatable bonds is 5. The van der Waals surface area contributed by atoms with Crippen LogP contribution in [0.15, 0.2) is 24.3 Å². The van der Waals surface area contributed by atoms with E-state index in [0.717, 1.165) is 17.7 Å². The van der Waals surface area contributed by atoms with Gasteiger partial charge in [0, 0.05) is 26.2 Å². The molecule has 0 amide bonds. The Morgan fingerprint density at radius 2 is 2.11 bits per heavy atom. The standard InChI is InChI=1S/C13H20N2O3S/c1-11-10-12-6-3-4-7-13(12)15(11)19(17,18)14(2)8-5-9-16/h3-4,6-7,11,16H,5,8-10H2,1-2H3. The molecule has 1 aliphatic heterocycles. The van der Waals surface area contributed by atoms with Crippen molar-refractivity contribution in [2.24, 2.45) is 0 Å². The summed E-state index contributed by atoms with van der Waals surface area (Å²) in [6.07, 6.45) is 1.18. The van der Waals surface area contributed by atoms with Crippen LogP contribution in [-0.2, 0) is 16.6 Å². The van der Waals surface area contributed by atoms with Crippen molar-refractivity contribution in [3.8, 4) is 0 Å². The average Bonchev–Trinajstić information content (AvgIpc) is 2.72. The van der Waals surface area contributed by atoms with Crippen LogP contribution >= 0.6 is 0 Å². The Morgan fingerprint density at radius 1 is 1.42 bits per heavy atom. The van der Waals surface area contributed by atoms with Crippen LogP contribution in [0.2, 0.25) is 0 Å². The fourth-order valence-corrected chi connectivity index (χ4v) is 4.06. The lowest BCUT2D eigenvalue weighted by Crippen LogP contribution is -2.45. The van der Waals surface area contributed by atoms with Gasteiger partial charge in [0.05, 0.1) is 5.69 Å². The van der Waals surface area contributed by atoms with Gasteiger partial charge in [-0.25, -0.2) is 0 Å². The Hall–Kier alpha value is -1.11. The Balaban J connectivity index is 2.30. The van der Waals surface area contributed by atoms with Crippen molar-refractivity contribution in [3.05, 3.63) is 29.8 Å². The van der Waals surface area contributed by atoms with Gasteiger partial charge in [-0.05, 0) is 31.4 Å². The molecule has 106 valence electrons. The Morgan fingerprint density at radius 3 is 2.79 bits per heavy atom. The summed E-state index contributed by atoms with van der Waals surface area (Å²) in [5, 5.41) is 8.82. The van der Waals surface area contributed by atoms with Crippen LogP contribution in [0.5, 0.6) is 0 Å². The highest BCUT2D eigenvalue weighted by Gasteiger charge is 2.36. The molecule has 5 nitrogen and oxygen atoms in total. The average molecular weight is 284 g/mol. The molecule has 2 rings (SSSR count). The first-order valence-corrected chi connectivity index (χ1v) is 7.82. The molecule has 1 atom stereocenters. The molecule has 1 aromatic rings. The van der Waals surface area contributed by atoms with Gasteiger partial charge in [0.2, 0.25) is 0 Å². The largest absolute Gasteiger partial charge is 0.396 e. The van der Waals surface area contributed by atoms with E-state index in [-0.39, 0.29) is 12.6 Å². The number of aliphatic hydroxyl groups is 1. The van der Waals surface area contributed by atoms with Crippen molar-refractivity contribution >= 4 is 15.9 Å². The van der Waals surface area contributed by atoms with E-state index in [9.17, 15) is 8.42 Å². The lowest BCUT2D eigenvalue weighted by atomic mass is 10.1. The number of nitrogens with zero attached hydrogens (tertiary/aromatic N) is 2. The molecule has 1 aromatic carbocycles. The quantitative estimate of drug-likeness (QED) is 0.877. The number of hydrogen-bond acceptors (Lipinski definition) is 3. The van der Waals surface area contributed by atoms with Crippen LogP contribution in [-0.4, -0.2) is 44.1 Å². The molecule has 0 bridgehead atoms. The third-order valence-corrected chi connectivity index (χ3v) is 5.44. The van der Waals surface area contributed by atoms with Crippen molar-refractivity contribution in [3.63, 3.8) is 0 Å². The van der Waals surface area contributed by atoms with Gasteiger partial charge < -0.3 is 5.11 Å². The first-order valence-electron chi connectivity index (χ1n) is 6.43. The number of fused-ring (bicyclic) bond motifs is 1. The molecule has 6 heteroatoms. The van der Waals surface area contributed by atoms with Crippen LogP contribution in [0, 0.1) is 0 Å². The zero-order valence-corrected chi connectivity index (χ0v) is 12.1. The van der Waals surface area contributed by atoms with E-state index in [4.69, 9.17) is 5.11 Å². The topological polar surface area (TPSA) is 60.9 Å². The minimum atomic E-state index is -3.52. The first-order chi connectivity index (χ1) is 8.98. The predicted octanol–water partition coefficient (Wildman–Crippen LogP) is 0.997. The number of para-hydroxylation sites is 1. The molecule has 1 aliphatic rings. The lowest BCUT2D eigenvalue weighted by molar-refractivity contribution is 0.275. The van der Waals surface area contributed by atoms with Gasteiger partial charge in [-0.3, -0.25) is 4.31 Å². The highest BCUT2D eigenvalue weighted by Crippen LogP contribution is 2.34. The number of aliphatic hydroxyl groups excluding tert-OH is 1. The van der Waals surface area contributed by atoms with E-state index in [1.807, 2.05) is 31.2 Å². The molecular formula is C13H20N2O3S. The summed E-state index contributed by atoms with van der Waals surface area (Å²) in [7, 11) is -1.96. The van der Waals surface area contributed by atoms with E-state index in [1.165, 1.54) is 8.61 Å². The SMILES string of the molecule is CC1Cc2ccccc2N1S(=O)(=O)N(C)CCCO. The monoisotopic (exact) mass is 284 g/mol. The van der Waals surface area contributed by atoms with Crippen LogP contribution in [0.1, 0.15) is 18.9 Å². The zero-order valence-electron chi connectivity index (χ0n) is 11.3. The molecule has 0 radical (unpaired) electrons. The fourth-order valence-electron chi connectivity index (χ4n) is 2.45. The molecule has 1 unspecified atom stereocenters. The summed E-state index contributed by atoms with van der Waals surface area (Å²) in [5.41, 5.74) is 1.83. The van der Waals surface area contributed by atoms with Crippen molar-refractivity contribution in [2.75, 3.05) is 24.5 Å². The van der Waals surface area contributed by atoms with Crippen molar-refractivity contribution in [1.29, 1.82) is 0 Å². The van der Waals surface area contributed by atoms with Gasteiger partial charge in [0.1, 0.15) is 0 Å². The third kappa shape index (κ3) is 2.61. The van der Waals surface area contributed by atoms with Gasteiger partial charge in [-0.15, -0.1) is 0 Å². The van der Waals surface area contributed by atoms with Crippen LogP contribution < -0.4 is 4.31 Å². The summed E-state index contributed by atoms with van der Waals surface area (Å²) in [5.74, 6) is 0. The maximum absolute atomic E-state index is 12.6. The van der Waals surface area contributed by atoms with Crippen LogP contribution in [0.4, 0.5) is 5.69 Å². The second-order valence-electron chi connectivity index (χ2n) is 4.88. The number of anilines is 1. The van der Waals surface area contributed by atoms with Crippen molar-refractivity contribution < 1.29 is 13.5 Å². The van der Waals surface area contributed by atoms with E-state index in [1.54, 1.807) is 7.05 Å². The normalized spacial score (nSPS) is 18.9. The van der Waals surface area contributed by atoms with Crippen molar-refractivity contribution in [2.45, 2.75) is 25.8 Å². The molecule has 19 heavy (non-hydrogen) atoms. The summed E-state index contributed by atoms with van der Waals surface area (Å²) in [6, 6.07) is 7.52. The second-order valence-corrected chi connectivity index (χ2v) is 6.80. The number of hydrogen-bond donors (Lipinski definition) is 1. The second kappa shape index (κ2) is 5.48. The molecule has 1 heterocycles. The van der Waals surface area contributed by atoms with E-state index in [2.05, 4.69) is 0 Å². The van der Waals surface area contributed by atoms with Gasteiger partial charge in [0.15, 0.2) is 0 Å². The smallest absolute Gasteiger partial charge is 0.304 e. The van der Waals surface area contributed by atoms with Crippen molar-refractivity contribution in [1.82, 2.24) is 4.31 Å². The minimum absolute atomic E-state index is 0.00794. The third-order valence-electron chi connectivity index (χ3n) is 3.42. The molecule has 0 fully saturated rings.